The highest BCUT2D eigenvalue weighted by Crippen LogP contribution is 2.19. The zero-order chi connectivity index (χ0) is 20.8. The van der Waals surface area contributed by atoms with E-state index < -0.39 is 0 Å². The quantitative estimate of drug-likeness (QED) is 0.611. The number of thiazole rings is 1. The van der Waals surface area contributed by atoms with Crippen LogP contribution in [-0.2, 0) is 17.8 Å². The number of benzene rings is 1. The van der Waals surface area contributed by atoms with Gasteiger partial charge in [-0.25, -0.2) is 4.98 Å². The van der Waals surface area contributed by atoms with Gasteiger partial charge in [0.15, 0.2) is 0 Å². The minimum atomic E-state index is 0.106. The third-order valence-electron chi connectivity index (χ3n) is 4.98. The third-order valence-corrected chi connectivity index (χ3v) is 5.74. The van der Waals surface area contributed by atoms with E-state index >= 15 is 0 Å². The molecule has 8 heteroatoms. The molecule has 0 radical (unpaired) electrons. The molecule has 0 saturated carbocycles. The summed E-state index contributed by atoms with van der Waals surface area (Å²) in [7, 11) is 0. The molecule has 1 aliphatic heterocycles. The molecule has 2 aromatic heterocycles. The zero-order valence-electron chi connectivity index (χ0n) is 16.4. The van der Waals surface area contributed by atoms with Crippen LogP contribution in [0.3, 0.4) is 0 Å². The van der Waals surface area contributed by atoms with Gasteiger partial charge in [-0.3, -0.25) is 9.78 Å². The Labute approximate surface area is 179 Å². The van der Waals surface area contributed by atoms with E-state index in [-0.39, 0.29) is 5.91 Å². The molecule has 0 bridgehead atoms. The summed E-state index contributed by atoms with van der Waals surface area (Å²) in [5.74, 6) is 1.58. The lowest BCUT2D eigenvalue weighted by molar-refractivity contribution is -0.130. The number of ether oxygens (including phenoxy) is 1. The predicted octanol–water partition coefficient (Wildman–Crippen LogP) is 2.88. The Balaban J connectivity index is 1.28. The molecule has 1 amide bonds. The van der Waals surface area contributed by atoms with Crippen molar-refractivity contribution < 1.29 is 9.53 Å². The van der Waals surface area contributed by atoms with Crippen molar-refractivity contribution in [1.82, 2.24) is 14.9 Å². The van der Waals surface area contributed by atoms with E-state index in [1.54, 1.807) is 41.4 Å². The molecule has 152 valence electrons. The van der Waals surface area contributed by atoms with Crippen molar-refractivity contribution in [2.75, 3.05) is 31.1 Å². The first kappa shape index (κ1) is 19.9. The third kappa shape index (κ3) is 4.75. The molecular weight excluding hydrogens is 398 g/mol. The Hall–Kier alpha value is -3.44. The SMILES string of the molecule is N#Cc1cccnc1N1CCN(C(=O)Cc2ccc(OCc3cncs3)cc2)CC1. The predicted molar refractivity (Wildman–Crippen MR) is 114 cm³/mol. The van der Waals surface area contributed by atoms with E-state index in [9.17, 15) is 10.1 Å². The Morgan fingerprint density at radius 3 is 2.67 bits per heavy atom. The number of aromatic nitrogens is 2. The van der Waals surface area contributed by atoms with Gasteiger partial charge in [0.1, 0.15) is 24.2 Å². The van der Waals surface area contributed by atoms with Gasteiger partial charge >= 0.3 is 0 Å². The smallest absolute Gasteiger partial charge is 0.227 e. The molecule has 30 heavy (non-hydrogen) atoms. The lowest BCUT2D eigenvalue weighted by atomic mass is 10.1. The van der Waals surface area contributed by atoms with Crippen LogP contribution < -0.4 is 9.64 Å². The number of nitrogens with zero attached hydrogens (tertiary/aromatic N) is 5. The molecule has 4 rings (SSSR count). The lowest BCUT2D eigenvalue weighted by Crippen LogP contribution is -2.49. The Bertz CT molecular complexity index is 1020. The topological polar surface area (TPSA) is 82.4 Å². The second kappa shape index (κ2) is 9.37. The number of carbonyl (C=O) groups is 1. The van der Waals surface area contributed by atoms with Crippen LogP contribution in [0.15, 0.2) is 54.3 Å². The van der Waals surface area contributed by atoms with Crippen molar-refractivity contribution in [3.63, 3.8) is 0 Å². The fourth-order valence-electron chi connectivity index (χ4n) is 3.36. The monoisotopic (exact) mass is 419 g/mol. The minimum Gasteiger partial charge on any atom is -0.488 e. The van der Waals surface area contributed by atoms with Crippen molar-refractivity contribution in [1.29, 1.82) is 5.26 Å². The highest BCUT2D eigenvalue weighted by molar-refractivity contribution is 7.09. The van der Waals surface area contributed by atoms with Gasteiger partial charge in [-0.1, -0.05) is 12.1 Å². The van der Waals surface area contributed by atoms with Crippen molar-refractivity contribution in [2.24, 2.45) is 0 Å². The van der Waals surface area contributed by atoms with E-state index in [0.717, 1.165) is 16.2 Å². The van der Waals surface area contributed by atoms with Gasteiger partial charge in [0.25, 0.3) is 0 Å². The van der Waals surface area contributed by atoms with E-state index in [4.69, 9.17) is 4.74 Å². The van der Waals surface area contributed by atoms with E-state index in [1.165, 1.54) is 0 Å². The summed E-state index contributed by atoms with van der Waals surface area (Å²) >= 11 is 1.56. The van der Waals surface area contributed by atoms with E-state index in [1.807, 2.05) is 29.2 Å². The van der Waals surface area contributed by atoms with Gasteiger partial charge in [-0.15, -0.1) is 11.3 Å². The lowest BCUT2D eigenvalue weighted by Gasteiger charge is -2.35. The average molecular weight is 420 g/mol. The Morgan fingerprint density at radius 1 is 1.17 bits per heavy atom. The summed E-state index contributed by atoms with van der Waals surface area (Å²) in [5.41, 5.74) is 3.31. The molecule has 0 atom stereocenters. The Kier molecular flexibility index (Phi) is 6.20. The molecular formula is C22H21N5O2S. The summed E-state index contributed by atoms with van der Waals surface area (Å²) < 4.78 is 5.74. The number of hydrogen-bond donors (Lipinski definition) is 0. The number of anilines is 1. The summed E-state index contributed by atoms with van der Waals surface area (Å²) in [5, 5.41) is 9.26. The van der Waals surface area contributed by atoms with Crippen LogP contribution in [0.4, 0.5) is 5.82 Å². The van der Waals surface area contributed by atoms with Crippen LogP contribution in [0.2, 0.25) is 0 Å². The van der Waals surface area contributed by atoms with E-state index in [0.29, 0.717) is 50.6 Å². The fourth-order valence-corrected chi connectivity index (χ4v) is 3.87. The maximum atomic E-state index is 12.7. The highest BCUT2D eigenvalue weighted by atomic mass is 32.1. The van der Waals surface area contributed by atoms with Gasteiger partial charge < -0.3 is 14.5 Å². The van der Waals surface area contributed by atoms with E-state index in [2.05, 4.69) is 20.9 Å². The average Bonchev–Trinajstić information content (AvgIpc) is 3.32. The Morgan fingerprint density at radius 2 is 1.97 bits per heavy atom. The number of carbonyl (C=O) groups excluding carboxylic acids is 1. The summed E-state index contributed by atoms with van der Waals surface area (Å²) in [6.07, 6.45) is 3.85. The minimum absolute atomic E-state index is 0.106. The van der Waals surface area contributed by atoms with Crippen LogP contribution in [-0.4, -0.2) is 47.0 Å². The number of hydrogen-bond acceptors (Lipinski definition) is 7. The van der Waals surface area contributed by atoms with Gasteiger partial charge in [-0.05, 0) is 29.8 Å². The first-order valence-corrected chi connectivity index (χ1v) is 10.6. The van der Waals surface area contributed by atoms with Crippen LogP contribution in [0, 0.1) is 11.3 Å². The largest absolute Gasteiger partial charge is 0.488 e. The zero-order valence-corrected chi connectivity index (χ0v) is 17.2. The molecule has 0 unspecified atom stereocenters. The summed E-state index contributed by atoms with van der Waals surface area (Å²) in [4.78, 5) is 26.1. The molecule has 1 fully saturated rings. The van der Waals surface area contributed by atoms with Crippen LogP contribution in [0.25, 0.3) is 0 Å². The summed E-state index contributed by atoms with van der Waals surface area (Å²) in [6, 6.07) is 13.4. The first-order valence-electron chi connectivity index (χ1n) is 9.70. The molecule has 0 N–H and O–H groups in total. The number of piperazine rings is 1. The van der Waals surface area contributed by atoms with Gasteiger partial charge in [0.2, 0.25) is 5.91 Å². The second-order valence-corrected chi connectivity index (χ2v) is 7.90. The maximum absolute atomic E-state index is 12.7. The highest BCUT2D eigenvalue weighted by Gasteiger charge is 2.23. The first-order chi connectivity index (χ1) is 14.7. The van der Waals surface area contributed by atoms with Crippen molar-refractivity contribution in [3.8, 4) is 11.8 Å². The molecule has 3 heterocycles. The van der Waals surface area contributed by atoms with Crippen molar-refractivity contribution >= 4 is 23.1 Å². The number of nitriles is 1. The van der Waals surface area contributed by atoms with Crippen LogP contribution >= 0.6 is 11.3 Å². The number of amides is 1. The van der Waals surface area contributed by atoms with Gasteiger partial charge in [0.05, 0.1) is 22.4 Å². The van der Waals surface area contributed by atoms with Crippen LogP contribution in [0.5, 0.6) is 5.75 Å². The summed E-state index contributed by atoms with van der Waals surface area (Å²) in [6.45, 7) is 3.08. The van der Waals surface area contributed by atoms with Crippen molar-refractivity contribution in [2.45, 2.75) is 13.0 Å². The fraction of sp³-hybridized carbons (Fsp3) is 0.273. The van der Waals surface area contributed by atoms with Crippen LogP contribution in [0.1, 0.15) is 16.0 Å². The molecule has 1 saturated heterocycles. The number of pyridine rings is 1. The standard InChI is InChI=1S/C22H21N5O2S/c23-13-18-2-1-7-25-22(18)27-10-8-26(9-11-27)21(28)12-17-3-5-19(6-4-17)29-15-20-14-24-16-30-20/h1-7,14,16H,8-12,15H2. The number of rotatable bonds is 6. The molecule has 3 aromatic rings. The molecule has 0 aliphatic carbocycles. The van der Waals surface area contributed by atoms with Crippen molar-refractivity contribution in [3.05, 3.63) is 70.3 Å². The molecule has 1 aliphatic rings. The molecule has 7 nitrogen and oxygen atoms in total. The molecule has 0 spiro atoms. The normalized spacial score (nSPS) is 13.7. The maximum Gasteiger partial charge on any atom is 0.227 e. The second-order valence-electron chi connectivity index (χ2n) is 6.93. The van der Waals surface area contributed by atoms with Gasteiger partial charge in [0, 0.05) is 38.6 Å². The van der Waals surface area contributed by atoms with Gasteiger partial charge in [-0.2, -0.15) is 5.26 Å². The molecule has 1 aromatic carbocycles.